The minimum Gasteiger partial charge on any atom is -0.502 e. The molecule has 0 bridgehead atoms. The van der Waals surface area contributed by atoms with Gasteiger partial charge in [0, 0.05) is 11.0 Å². The number of fused-ring (bicyclic) bond motifs is 1. The van der Waals surface area contributed by atoms with Crippen LogP contribution in [-0.4, -0.2) is 30.4 Å². The largest absolute Gasteiger partial charge is 0.502 e. The van der Waals surface area contributed by atoms with Crippen molar-refractivity contribution in [3.8, 4) is 11.5 Å². The summed E-state index contributed by atoms with van der Waals surface area (Å²) < 4.78 is 14.5. The van der Waals surface area contributed by atoms with Crippen LogP contribution in [0.4, 0.5) is 0 Å². The van der Waals surface area contributed by atoms with E-state index in [9.17, 15) is 19.8 Å². The highest BCUT2D eigenvalue weighted by molar-refractivity contribution is 5.88. The van der Waals surface area contributed by atoms with Crippen molar-refractivity contribution in [2.75, 3.05) is 14.2 Å². The van der Waals surface area contributed by atoms with Crippen LogP contribution in [0.5, 0.6) is 11.5 Å². The highest BCUT2D eigenvalue weighted by Gasteiger charge is 2.17. The van der Waals surface area contributed by atoms with Gasteiger partial charge < -0.3 is 24.1 Å². The van der Waals surface area contributed by atoms with Crippen molar-refractivity contribution < 1.29 is 28.9 Å². The second-order valence-electron chi connectivity index (χ2n) is 4.81. The minimum absolute atomic E-state index is 0.0426. The van der Waals surface area contributed by atoms with Crippen molar-refractivity contribution in [2.24, 2.45) is 0 Å². The van der Waals surface area contributed by atoms with Gasteiger partial charge in [-0.05, 0) is 31.2 Å². The van der Waals surface area contributed by atoms with E-state index in [2.05, 4.69) is 4.74 Å². The fourth-order valence-electron chi connectivity index (χ4n) is 2.09. The van der Waals surface area contributed by atoms with Crippen LogP contribution in [-0.2, 0) is 9.53 Å². The summed E-state index contributed by atoms with van der Waals surface area (Å²) in [6, 6.07) is 4.46. The lowest BCUT2D eigenvalue weighted by atomic mass is 10.1. The quantitative estimate of drug-likeness (QED) is 0.501. The fourth-order valence-corrected chi connectivity index (χ4v) is 2.09. The number of benzene rings is 1. The van der Waals surface area contributed by atoms with Crippen molar-refractivity contribution in [1.29, 1.82) is 0 Å². The van der Waals surface area contributed by atoms with Gasteiger partial charge in [0.05, 0.1) is 19.8 Å². The molecule has 0 aliphatic carbocycles. The molecule has 0 spiro atoms. The molecule has 7 heteroatoms. The first-order valence-corrected chi connectivity index (χ1v) is 6.67. The first-order chi connectivity index (χ1) is 10.9. The number of carbonyl (C=O) groups is 1. The molecular weight excluding hydrogens is 304 g/mol. The van der Waals surface area contributed by atoms with E-state index in [0.717, 1.165) is 0 Å². The van der Waals surface area contributed by atoms with Crippen molar-refractivity contribution >= 4 is 16.9 Å². The van der Waals surface area contributed by atoms with Crippen LogP contribution in [0.15, 0.2) is 39.1 Å². The molecule has 7 nitrogen and oxygen atoms in total. The summed E-state index contributed by atoms with van der Waals surface area (Å²) in [5, 5.41) is 20.5. The van der Waals surface area contributed by atoms with Gasteiger partial charge in [0.25, 0.3) is 0 Å². The summed E-state index contributed by atoms with van der Waals surface area (Å²) in [6.45, 7) is 1.45. The van der Waals surface area contributed by atoms with Crippen LogP contribution in [0.3, 0.4) is 0 Å². The predicted molar refractivity (Wildman–Crippen MR) is 81.4 cm³/mol. The van der Waals surface area contributed by atoms with Gasteiger partial charge in [-0.25, -0.2) is 9.59 Å². The number of phenolic OH excluding ortho intramolecular Hbond substituents is 1. The molecule has 2 aromatic rings. The van der Waals surface area contributed by atoms with Crippen LogP contribution in [0.25, 0.3) is 11.0 Å². The number of phenols is 1. The molecule has 1 atom stereocenters. The van der Waals surface area contributed by atoms with E-state index in [1.54, 1.807) is 6.07 Å². The molecule has 0 amide bonds. The van der Waals surface area contributed by atoms with Gasteiger partial charge in [-0.2, -0.15) is 0 Å². The summed E-state index contributed by atoms with van der Waals surface area (Å²) in [4.78, 5) is 23.4. The Hall–Kier alpha value is -2.80. The van der Waals surface area contributed by atoms with E-state index in [-0.39, 0.29) is 28.2 Å². The van der Waals surface area contributed by atoms with Gasteiger partial charge in [-0.3, -0.25) is 0 Å². The maximum absolute atomic E-state index is 12.0. The van der Waals surface area contributed by atoms with Crippen LogP contribution in [0.1, 0.15) is 18.6 Å². The highest BCUT2D eigenvalue weighted by Crippen LogP contribution is 2.34. The van der Waals surface area contributed by atoms with Gasteiger partial charge in [0.15, 0.2) is 11.3 Å². The van der Waals surface area contributed by atoms with Crippen molar-refractivity contribution in [1.82, 2.24) is 0 Å². The van der Waals surface area contributed by atoms with E-state index in [0.29, 0.717) is 5.39 Å². The molecule has 0 saturated heterocycles. The lowest BCUT2D eigenvalue weighted by Gasteiger charge is -2.09. The van der Waals surface area contributed by atoms with Gasteiger partial charge in [-0.15, -0.1) is 0 Å². The first kappa shape index (κ1) is 16.6. The fraction of sp³-hybridized carbons (Fsp3) is 0.250. The zero-order valence-electron chi connectivity index (χ0n) is 12.8. The number of ether oxygens (including phenoxy) is 2. The smallest absolute Gasteiger partial charge is 0.342 e. The topological polar surface area (TPSA) is 106 Å². The number of carbonyl (C=O) groups excluding carboxylic acids is 1. The van der Waals surface area contributed by atoms with Gasteiger partial charge in [0.2, 0.25) is 5.75 Å². The molecule has 0 saturated carbocycles. The number of hydrogen-bond donors (Lipinski definition) is 2. The standard InChI is InChI=1S/C16H16O7/c1-8(15(19)22-3)6-11(17)10-7-9-4-5-12(21-2)13(18)14(9)23-16(10)20/h4-7,11,17-18H,1-3H3. The van der Waals surface area contributed by atoms with Crippen molar-refractivity contribution in [3.05, 3.63) is 45.8 Å². The Kier molecular flexibility index (Phi) is 4.71. The first-order valence-electron chi connectivity index (χ1n) is 6.67. The van der Waals surface area contributed by atoms with E-state index in [4.69, 9.17) is 9.15 Å². The summed E-state index contributed by atoms with van der Waals surface area (Å²) in [7, 11) is 2.59. The maximum Gasteiger partial charge on any atom is 0.342 e. The maximum atomic E-state index is 12.0. The Bertz CT molecular complexity index is 832. The molecule has 0 aliphatic rings. The van der Waals surface area contributed by atoms with Crippen LogP contribution < -0.4 is 10.4 Å². The molecule has 0 fully saturated rings. The Labute approximate surface area is 131 Å². The van der Waals surface area contributed by atoms with E-state index < -0.39 is 17.7 Å². The second-order valence-corrected chi connectivity index (χ2v) is 4.81. The number of esters is 1. The average molecular weight is 320 g/mol. The third-order valence-electron chi connectivity index (χ3n) is 3.32. The summed E-state index contributed by atoms with van der Waals surface area (Å²) >= 11 is 0. The van der Waals surface area contributed by atoms with Gasteiger partial charge in [-0.1, -0.05) is 0 Å². The third-order valence-corrected chi connectivity index (χ3v) is 3.32. The molecule has 1 aromatic heterocycles. The minimum atomic E-state index is -1.35. The molecule has 2 N–H and O–H groups in total. The monoisotopic (exact) mass is 320 g/mol. The average Bonchev–Trinajstić information content (AvgIpc) is 2.54. The lowest BCUT2D eigenvalue weighted by molar-refractivity contribution is -0.136. The number of rotatable bonds is 4. The van der Waals surface area contributed by atoms with Crippen LogP contribution in [0.2, 0.25) is 0 Å². The normalized spacial score (nSPS) is 13.0. The summed E-state index contributed by atoms with van der Waals surface area (Å²) in [5.74, 6) is -0.753. The highest BCUT2D eigenvalue weighted by atomic mass is 16.5. The number of methoxy groups -OCH3 is 2. The van der Waals surface area contributed by atoms with Gasteiger partial charge >= 0.3 is 11.6 Å². The summed E-state index contributed by atoms with van der Waals surface area (Å²) in [5.41, 5.74) is -0.788. The zero-order valence-corrected chi connectivity index (χ0v) is 12.8. The summed E-state index contributed by atoms with van der Waals surface area (Å²) in [6.07, 6.45) is -0.160. The Balaban J connectivity index is 2.53. The third kappa shape index (κ3) is 3.19. The Morgan fingerprint density at radius 2 is 2.04 bits per heavy atom. The predicted octanol–water partition coefficient (Wildman–Crippen LogP) is 1.66. The number of aromatic hydroxyl groups is 1. The zero-order chi connectivity index (χ0) is 17.1. The van der Waals surface area contributed by atoms with E-state index in [1.807, 2.05) is 0 Å². The lowest BCUT2D eigenvalue weighted by Crippen LogP contribution is -2.12. The Morgan fingerprint density at radius 3 is 2.65 bits per heavy atom. The molecule has 1 unspecified atom stereocenters. The molecule has 0 aliphatic heterocycles. The molecule has 122 valence electrons. The van der Waals surface area contributed by atoms with Crippen molar-refractivity contribution in [2.45, 2.75) is 13.0 Å². The van der Waals surface area contributed by atoms with E-state index >= 15 is 0 Å². The Morgan fingerprint density at radius 1 is 1.35 bits per heavy atom. The number of aliphatic hydroxyl groups is 1. The number of aliphatic hydroxyl groups excluding tert-OH is 1. The number of hydrogen-bond acceptors (Lipinski definition) is 7. The molecule has 1 aromatic carbocycles. The molecule has 0 radical (unpaired) electrons. The molecular formula is C16H16O7. The molecule has 23 heavy (non-hydrogen) atoms. The molecule has 1 heterocycles. The van der Waals surface area contributed by atoms with E-state index in [1.165, 1.54) is 39.4 Å². The van der Waals surface area contributed by atoms with Crippen LogP contribution in [0, 0.1) is 0 Å². The SMILES string of the molecule is COC(=O)C(C)=CC(O)c1cc2ccc(OC)c(O)c2oc1=O. The van der Waals surface area contributed by atoms with Crippen LogP contribution >= 0.6 is 0 Å². The molecule has 2 rings (SSSR count). The second kappa shape index (κ2) is 6.53. The van der Waals surface area contributed by atoms with Gasteiger partial charge in [0.1, 0.15) is 6.10 Å². The van der Waals surface area contributed by atoms with Crippen molar-refractivity contribution in [3.63, 3.8) is 0 Å².